The zero-order chi connectivity index (χ0) is 18.2. The molecule has 2 aliphatic rings. The van der Waals surface area contributed by atoms with Crippen molar-refractivity contribution in [3.63, 3.8) is 0 Å². The van der Waals surface area contributed by atoms with Gasteiger partial charge in [-0.25, -0.2) is 17.7 Å². The summed E-state index contributed by atoms with van der Waals surface area (Å²) in [5.41, 5.74) is 5.00. The third kappa shape index (κ3) is 3.33. The molecule has 0 amide bonds. The van der Waals surface area contributed by atoms with Crippen molar-refractivity contribution in [1.82, 2.24) is 9.29 Å². The molecule has 2 aliphatic heterocycles. The van der Waals surface area contributed by atoms with Crippen LogP contribution in [0.15, 0.2) is 29.8 Å². The number of ether oxygens (including phenoxy) is 1. The molecule has 7 heteroatoms. The number of sulfonamides is 1. The zero-order valence-electron chi connectivity index (χ0n) is 15.0. The average Bonchev–Trinajstić information content (AvgIpc) is 3.06. The summed E-state index contributed by atoms with van der Waals surface area (Å²) in [5.74, 6) is 0.153. The smallest absolute Gasteiger partial charge is 0.214 e. The number of hydrogen-bond donors (Lipinski definition) is 0. The van der Waals surface area contributed by atoms with Gasteiger partial charge in [-0.3, -0.25) is 0 Å². The summed E-state index contributed by atoms with van der Waals surface area (Å²) < 4.78 is 33.4. The van der Waals surface area contributed by atoms with Crippen molar-refractivity contribution >= 4 is 21.4 Å². The van der Waals surface area contributed by atoms with E-state index in [1.807, 2.05) is 6.92 Å². The molecule has 3 heterocycles. The van der Waals surface area contributed by atoms with Crippen molar-refractivity contribution in [2.75, 3.05) is 25.4 Å². The van der Waals surface area contributed by atoms with E-state index in [0.717, 1.165) is 29.8 Å². The maximum absolute atomic E-state index is 12.8. The fourth-order valence-corrected chi connectivity index (χ4v) is 6.44. The number of fused-ring (bicyclic) bond motifs is 2. The lowest BCUT2D eigenvalue weighted by Gasteiger charge is -2.44. The minimum Gasteiger partial charge on any atom is -0.370 e. The molecule has 0 radical (unpaired) electrons. The number of nitrogens with zero attached hydrogens (tertiary/aromatic N) is 2. The molecule has 26 heavy (non-hydrogen) atoms. The van der Waals surface area contributed by atoms with Gasteiger partial charge in [-0.2, -0.15) is 0 Å². The lowest BCUT2D eigenvalue weighted by atomic mass is 9.80. The number of benzene rings is 1. The molecule has 0 N–H and O–H groups in total. The van der Waals surface area contributed by atoms with Crippen LogP contribution in [-0.2, 0) is 33.2 Å². The summed E-state index contributed by atoms with van der Waals surface area (Å²) in [7, 11) is -3.25. The molecule has 0 atom stereocenters. The van der Waals surface area contributed by atoms with Gasteiger partial charge < -0.3 is 4.74 Å². The highest BCUT2D eigenvalue weighted by Gasteiger charge is 2.42. The molecule has 5 nitrogen and oxygen atoms in total. The highest BCUT2D eigenvalue weighted by Crippen LogP contribution is 2.41. The van der Waals surface area contributed by atoms with Gasteiger partial charge in [0.15, 0.2) is 0 Å². The summed E-state index contributed by atoms with van der Waals surface area (Å²) in [6.45, 7) is 3.70. The molecule has 0 bridgehead atoms. The van der Waals surface area contributed by atoms with E-state index < -0.39 is 10.0 Å². The van der Waals surface area contributed by atoms with Crippen molar-refractivity contribution in [2.45, 2.75) is 38.2 Å². The third-order valence-corrected chi connectivity index (χ3v) is 8.48. The van der Waals surface area contributed by atoms with Gasteiger partial charge in [-0.1, -0.05) is 24.3 Å². The molecular weight excluding hydrogens is 368 g/mol. The van der Waals surface area contributed by atoms with Crippen molar-refractivity contribution in [3.8, 4) is 0 Å². The number of piperidine rings is 1. The van der Waals surface area contributed by atoms with Gasteiger partial charge in [-0.15, -0.1) is 11.3 Å². The van der Waals surface area contributed by atoms with E-state index in [1.165, 1.54) is 22.5 Å². The Bertz CT molecular complexity index is 884. The normalized spacial score (nSPS) is 20.2. The second-order valence-electron chi connectivity index (χ2n) is 7.08. The maximum Gasteiger partial charge on any atom is 0.214 e. The molecule has 1 aromatic carbocycles. The first-order chi connectivity index (χ1) is 12.5. The number of aryl methyl sites for hydroxylation is 2. The van der Waals surface area contributed by atoms with Gasteiger partial charge in [0.25, 0.3) is 0 Å². The van der Waals surface area contributed by atoms with Crippen LogP contribution in [0.5, 0.6) is 0 Å². The van der Waals surface area contributed by atoms with Gasteiger partial charge in [0.1, 0.15) is 0 Å². The Morgan fingerprint density at radius 2 is 2.04 bits per heavy atom. The molecule has 0 aliphatic carbocycles. The van der Waals surface area contributed by atoms with E-state index in [-0.39, 0.29) is 11.4 Å². The Kier molecular flexibility index (Phi) is 4.90. The predicted molar refractivity (Wildman–Crippen MR) is 103 cm³/mol. The van der Waals surface area contributed by atoms with Crippen LogP contribution in [0, 0.1) is 6.92 Å². The topological polar surface area (TPSA) is 59.5 Å². The molecule has 2 aromatic rings. The van der Waals surface area contributed by atoms with Crippen LogP contribution >= 0.6 is 11.3 Å². The average molecular weight is 393 g/mol. The second-order valence-corrected chi connectivity index (χ2v) is 10.1. The van der Waals surface area contributed by atoms with E-state index in [9.17, 15) is 8.42 Å². The zero-order valence-corrected chi connectivity index (χ0v) is 16.6. The first kappa shape index (κ1) is 18.1. The Morgan fingerprint density at radius 1 is 1.27 bits per heavy atom. The quantitative estimate of drug-likeness (QED) is 0.803. The summed E-state index contributed by atoms with van der Waals surface area (Å²) in [5, 5.41) is 0. The SMILES string of the molecule is Cc1ncsc1CCS(=O)(=O)N1CCC2(CC1)OCCc1ccccc12. The molecule has 140 valence electrons. The lowest BCUT2D eigenvalue weighted by molar-refractivity contribution is -0.0891. The summed E-state index contributed by atoms with van der Waals surface area (Å²) >= 11 is 1.53. The standard InChI is InChI=1S/C19H24N2O3S2/c1-15-18(25-14-20-15)7-13-26(22,23)21-10-8-19(9-11-21)17-5-3-2-4-16(17)6-12-24-19/h2-5,14H,6-13H2,1H3. The van der Waals surface area contributed by atoms with Crippen molar-refractivity contribution < 1.29 is 13.2 Å². The van der Waals surface area contributed by atoms with Crippen molar-refractivity contribution in [3.05, 3.63) is 51.5 Å². The Balaban J connectivity index is 1.44. The molecule has 1 saturated heterocycles. The molecule has 0 unspecified atom stereocenters. The van der Waals surface area contributed by atoms with E-state index in [0.29, 0.717) is 26.1 Å². The lowest BCUT2D eigenvalue weighted by Crippen LogP contribution is -2.48. The highest BCUT2D eigenvalue weighted by molar-refractivity contribution is 7.89. The Morgan fingerprint density at radius 3 is 2.77 bits per heavy atom. The van der Waals surface area contributed by atoms with Gasteiger partial charge in [0.2, 0.25) is 10.0 Å². The van der Waals surface area contributed by atoms with E-state index in [2.05, 4.69) is 29.2 Å². The van der Waals surface area contributed by atoms with Gasteiger partial charge in [0, 0.05) is 18.0 Å². The minimum atomic E-state index is -3.25. The molecule has 0 saturated carbocycles. The number of rotatable bonds is 4. The van der Waals surface area contributed by atoms with Crippen LogP contribution in [0.2, 0.25) is 0 Å². The fraction of sp³-hybridized carbons (Fsp3) is 0.526. The van der Waals surface area contributed by atoms with Crippen molar-refractivity contribution in [1.29, 1.82) is 0 Å². The predicted octanol–water partition coefficient (Wildman–Crippen LogP) is 2.89. The summed E-state index contributed by atoms with van der Waals surface area (Å²) in [6, 6.07) is 8.43. The third-order valence-electron chi connectivity index (χ3n) is 5.61. The minimum absolute atomic E-state index is 0.153. The molecule has 1 aromatic heterocycles. The molecule has 1 spiro atoms. The van der Waals surface area contributed by atoms with Crippen LogP contribution in [0.4, 0.5) is 0 Å². The molecular formula is C19H24N2O3S2. The summed E-state index contributed by atoms with van der Waals surface area (Å²) in [6.07, 6.45) is 2.93. The van der Waals surface area contributed by atoms with Crippen LogP contribution in [0.3, 0.4) is 0 Å². The molecule has 1 fully saturated rings. The van der Waals surface area contributed by atoms with Crippen molar-refractivity contribution in [2.24, 2.45) is 0 Å². The van der Waals surface area contributed by atoms with Crippen LogP contribution in [0.1, 0.15) is 34.5 Å². The van der Waals surface area contributed by atoms with E-state index >= 15 is 0 Å². The summed E-state index contributed by atoms with van der Waals surface area (Å²) in [4.78, 5) is 5.26. The number of aromatic nitrogens is 1. The molecule has 4 rings (SSSR count). The van der Waals surface area contributed by atoms with Gasteiger partial charge >= 0.3 is 0 Å². The van der Waals surface area contributed by atoms with E-state index in [1.54, 1.807) is 9.82 Å². The first-order valence-electron chi connectivity index (χ1n) is 9.09. The highest BCUT2D eigenvalue weighted by atomic mass is 32.2. The van der Waals surface area contributed by atoms with Crippen LogP contribution < -0.4 is 0 Å². The van der Waals surface area contributed by atoms with Crippen LogP contribution in [0.25, 0.3) is 0 Å². The largest absolute Gasteiger partial charge is 0.370 e. The van der Waals surface area contributed by atoms with Crippen LogP contribution in [-0.4, -0.2) is 43.2 Å². The monoisotopic (exact) mass is 392 g/mol. The van der Waals surface area contributed by atoms with Gasteiger partial charge in [0.05, 0.1) is 29.2 Å². The fourth-order valence-electron chi connectivity index (χ4n) is 4.07. The first-order valence-corrected chi connectivity index (χ1v) is 11.6. The maximum atomic E-state index is 12.8. The number of hydrogen-bond acceptors (Lipinski definition) is 5. The Labute approximate surface area is 159 Å². The number of thiazole rings is 1. The second kappa shape index (κ2) is 7.03. The van der Waals surface area contributed by atoms with E-state index in [4.69, 9.17) is 4.74 Å². The van der Waals surface area contributed by atoms with Gasteiger partial charge in [-0.05, 0) is 43.7 Å². The Hall–Kier alpha value is -1.28.